The van der Waals surface area contributed by atoms with Crippen molar-refractivity contribution in [1.29, 1.82) is 0 Å². The van der Waals surface area contributed by atoms with E-state index in [1.165, 1.54) is 6.07 Å². The van der Waals surface area contributed by atoms with Crippen molar-refractivity contribution >= 4 is 21.9 Å². The molecule has 0 amide bonds. The van der Waals surface area contributed by atoms with Gasteiger partial charge in [-0.15, -0.1) is 0 Å². The van der Waals surface area contributed by atoms with Crippen molar-refractivity contribution in [2.45, 2.75) is 45.3 Å². The number of hydrogen-bond donors (Lipinski definition) is 1. The van der Waals surface area contributed by atoms with E-state index in [2.05, 4.69) is 15.7 Å². The predicted molar refractivity (Wildman–Crippen MR) is 154 cm³/mol. The van der Waals surface area contributed by atoms with Gasteiger partial charge >= 0.3 is 0 Å². The largest absolute Gasteiger partial charge is 0.496 e. The quantitative estimate of drug-likeness (QED) is 0.273. The predicted octanol–water partition coefficient (Wildman–Crippen LogP) is 6.29. The summed E-state index contributed by atoms with van der Waals surface area (Å²) in [5, 5.41) is 16.3. The Labute approximate surface area is 233 Å². The zero-order valence-electron chi connectivity index (χ0n) is 23.6. The van der Waals surface area contributed by atoms with Crippen LogP contribution in [0, 0.1) is 18.7 Å². The molecule has 0 radical (unpaired) electrons. The van der Waals surface area contributed by atoms with Crippen LogP contribution in [0.3, 0.4) is 0 Å². The molecule has 1 aliphatic rings. The van der Waals surface area contributed by atoms with Crippen LogP contribution in [-0.4, -0.2) is 44.8 Å². The number of nitrogens with zero attached hydrogens (tertiary/aromatic N) is 4. The zero-order valence-corrected chi connectivity index (χ0v) is 23.6. The Morgan fingerprint density at radius 3 is 2.50 bits per heavy atom. The van der Waals surface area contributed by atoms with Crippen LogP contribution < -0.4 is 4.74 Å². The first-order valence-corrected chi connectivity index (χ1v) is 13.7. The third-order valence-corrected chi connectivity index (χ3v) is 8.24. The molecule has 40 heavy (non-hydrogen) atoms. The molecule has 0 spiro atoms. The lowest BCUT2D eigenvalue weighted by Gasteiger charge is -2.33. The molecule has 5 aromatic rings. The lowest BCUT2D eigenvalue weighted by molar-refractivity contribution is 0.0548. The van der Waals surface area contributed by atoms with Crippen molar-refractivity contribution in [2.75, 3.05) is 20.3 Å². The summed E-state index contributed by atoms with van der Waals surface area (Å²) < 4.78 is 31.4. The van der Waals surface area contributed by atoms with E-state index in [4.69, 9.17) is 14.5 Å². The van der Waals surface area contributed by atoms with Gasteiger partial charge in [-0.05, 0) is 74.9 Å². The number of aromatic nitrogens is 4. The number of halogens is 1. The molecule has 8 heteroatoms. The van der Waals surface area contributed by atoms with E-state index < -0.39 is 5.60 Å². The van der Waals surface area contributed by atoms with Crippen molar-refractivity contribution in [3.63, 3.8) is 0 Å². The van der Waals surface area contributed by atoms with Crippen molar-refractivity contribution in [1.82, 2.24) is 19.3 Å². The van der Waals surface area contributed by atoms with E-state index in [1.54, 1.807) is 27.0 Å². The van der Waals surface area contributed by atoms with Crippen LogP contribution >= 0.6 is 0 Å². The molecule has 1 fully saturated rings. The van der Waals surface area contributed by atoms with E-state index in [9.17, 15) is 5.11 Å². The Bertz CT molecular complexity index is 1690. The third kappa shape index (κ3) is 4.35. The van der Waals surface area contributed by atoms with Crippen LogP contribution in [0.25, 0.3) is 33.2 Å². The molecule has 208 valence electrons. The molecule has 1 saturated heterocycles. The summed E-state index contributed by atoms with van der Waals surface area (Å²) in [6, 6.07) is 12.7. The molecule has 0 saturated carbocycles. The van der Waals surface area contributed by atoms with Crippen LogP contribution in [0.5, 0.6) is 5.75 Å². The minimum Gasteiger partial charge on any atom is -0.496 e. The van der Waals surface area contributed by atoms with E-state index >= 15 is 4.39 Å². The maximum atomic E-state index is 15.7. The fourth-order valence-corrected chi connectivity index (χ4v) is 6.24. The van der Waals surface area contributed by atoms with Crippen LogP contribution in [0.4, 0.5) is 4.39 Å². The van der Waals surface area contributed by atoms with Crippen molar-refractivity contribution < 1.29 is 19.0 Å². The number of fused-ring (bicyclic) bond motifs is 3. The Hall–Kier alpha value is -3.75. The Kier molecular flexibility index (Phi) is 6.63. The van der Waals surface area contributed by atoms with E-state index in [1.807, 2.05) is 55.3 Å². The van der Waals surface area contributed by atoms with Crippen LogP contribution in [-0.2, 0) is 17.4 Å². The second-order valence-corrected chi connectivity index (χ2v) is 11.3. The molecule has 6 rings (SSSR count). The molecule has 1 atom stereocenters. The number of hydrogen-bond acceptors (Lipinski definition) is 5. The van der Waals surface area contributed by atoms with Gasteiger partial charge in [0.15, 0.2) is 0 Å². The van der Waals surface area contributed by atoms with Gasteiger partial charge in [0.1, 0.15) is 11.6 Å². The summed E-state index contributed by atoms with van der Waals surface area (Å²) in [6.07, 6.45) is 5.32. The van der Waals surface area contributed by atoms with Gasteiger partial charge in [0.05, 0.1) is 52.6 Å². The highest BCUT2D eigenvalue weighted by atomic mass is 19.1. The summed E-state index contributed by atoms with van der Waals surface area (Å²) in [5.74, 6) is 0.504. The van der Waals surface area contributed by atoms with E-state index in [0.717, 1.165) is 51.6 Å². The van der Waals surface area contributed by atoms with E-state index in [0.29, 0.717) is 30.1 Å². The molecule has 3 aromatic heterocycles. The normalized spacial score (nSPS) is 15.7. The number of pyridine rings is 1. The first-order valence-electron chi connectivity index (χ1n) is 13.7. The lowest BCUT2D eigenvalue weighted by Crippen LogP contribution is -2.27. The van der Waals surface area contributed by atoms with Gasteiger partial charge in [-0.2, -0.15) is 5.10 Å². The zero-order chi connectivity index (χ0) is 28.2. The van der Waals surface area contributed by atoms with Gasteiger partial charge < -0.3 is 19.1 Å². The molecular weight excluding hydrogens is 507 g/mol. The Balaban J connectivity index is 1.76. The van der Waals surface area contributed by atoms with Gasteiger partial charge in [0.25, 0.3) is 0 Å². The summed E-state index contributed by atoms with van der Waals surface area (Å²) in [4.78, 5) is 4.99. The molecule has 7 nitrogen and oxygen atoms in total. The monoisotopic (exact) mass is 542 g/mol. The summed E-state index contributed by atoms with van der Waals surface area (Å²) in [5.41, 5.74) is 5.66. The van der Waals surface area contributed by atoms with Crippen molar-refractivity contribution in [3.8, 4) is 17.0 Å². The first-order chi connectivity index (χ1) is 19.2. The van der Waals surface area contributed by atoms with Crippen LogP contribution in [0.2, 0.25) is 0 Å². The smallest absolute Gasteiger partial charge is 0.130 e. The van der Waals surface area contributed by atoms with Gasteiger partial charge in [0.2, 0.25) is 0 Å². The second kappa shape index (κ2) is 10.0. The molecule has 1 N–H and O–H groups in total. The maximum Gasteiger partial charge on any atom is 0.130 e. The highest BCUT2D eigenvalue weighted by molar-refractivity contribution is 6.10. The first kappa shape index (κ1) is 26.5. The molecule has 4 heterocycles. The third-order valence-electron chi connectivity index (χ3n) is 8.24. The van der Waals surface area contributed by atoms with E-state index in [-0.39, 0.29) is 17.8 Å². The number of methoxy groups -OCH3 is 1. The van der Waals surface area contributed by atoms with Crippen molar-refractivity contribution in [2.24, 2.45) is 13.0 Å². The summed E-state index contributed by atoms with van der Waals surface area (Å²) >= 11 is 0. The molecule has 0 bridgehead atoms. The number of aryl methyl sites for hydroxylation is 2. The Morgan fingerprint density at radius 1 is 1.10 bits per heavy atom. The van der Waals surface area contributed by atoms with Gasteiger partial charge in [0, 0.05) is 37.6 Å². The minimum atomic E-state index is -1.11. The lowest BCUT2D eigenvalue weighted by atomic mass is 9.86. The van der Waals surface area contributed by atoms with Gasteiger partial charge in [-0.3, -0.25) is 9.67 Å². The fraction of sp³-hybridized carbons (Fsp3) is 0.375. The fourth-order valence-electron chi connectivity index (χ4n) is 6.24. The average molecular weight is 543 g/mol. The number of aliphatic hydroxyl groups is 1. The topological polar surface area (TPSA) is 74.3 Å². The van der Waals surface area contributed by atoms with Crippen molar-refractivity contribution in [3.05, 3.63) is 77.4 Å². The number of rotatable bonds is 6. The molecule has 1 aliphatic heterocycles. The molecule has 1 unspecified atom stereocenters. The number of ether oxygens (including phenoxy) is 2. The molecule has 2 aromatic carbocycles. The molecular formula is C32H35FN4O3. The highest BCUT2D eigenvalue weighted by Gasteiger charge is 2.33. The second-order valence-electron chi connectivity index (χ2n) is 11.3. The van der Waals surface area contributed by atoms with Crippen LogP contribution in [0.1, 0.15) is 49.4 Å². The summed E-state index contributed by atoms with van der Waals surface area (Å²) in [6.45, 7) is 6.81. The average Bonchev–Trinajstić information content (AvgIpc) is 3.45. The summed E-state index contributed by atoms with van der Waals surface area (Å²) in [7, 11) is 3.55. The van der Waals surface area contributed by atoms with Gasteiger partial charge in [-0.1, -0.05) is 18.2 Å². The Morgan fingerprint density at radius 2 is 1.85 bits per heavy atom. The standard InChI is InChI=1S/C32H35FN4O3/c1-19-17-35-36(4)30(19)21-14-26-29(34-18-21)28-25(15-22(32(2,3)38)16-27(28)39-5)37(26)31(20-10-12-40-13-11-20)23-8-6-7-9-24(23)33/h6-9,14-18,20,31,38H,10-13H2,1-5H3. The SMILES string of the molecule is COc1cc(C(C)(C)O)cc2c1c1ncc(-c3c(C)cnn3C)cc1n2C(c1ccccc1F)C1CCOCC1. The van der Waals surface area contributed by atoms with Crippen LogP contribution in [0.15, 0.2) is 54.9 Å². The van der Waals surface area contributed by atoms with Gasteiger partial charge in [-0.25, -0.2) is 4.39 Å². The maximum absolute atomic E-state index is 15.7. The number of benzene rings is 2. The molecule has 0 aliphatic carbocycles. The minimum absolute atomic E-state index is 0.128. The highest BCUT2D eigenvalue weighted by Crippen LogP contribution is 2.45.